The van der Waals surface area contributed by atoms with E-state index in [1.807, 2.05) is 0 Å². The molecule has 2 aromatic rings. The summed E-state index contributed by atoms with van der Waals surface area (Å²) >= 11 is 0. The van der Waals surface area contributed by atoms with Gasteiger partial charge in [-0.1, -0.05) is 0 Å². The van der Waals surface area contributed by atoms with E-state index < -0.39 is 24.7 Å². The lowest BCUT2D eigenvalue weighted by atomic mass is 10.1. The lowest BCUT2D eigenvalue weighted by Crippen LogP contribution is -2.19. The molecule has 0 atom stereocenters. The third kappa shape index (κ3) is 5.28. The quantitative estimate of drug-likeness (QED) is 0.705. The zero-order valence-electron chi connectivity index (χ0n) is 15.9. The van der Waals surface area contributed by atoms with Gasteiger partial charge in [0.05, 0.1) is 17.7 Å². The number of hydrogen-bond donors (Lipinski definition) is 2. The Labute approximate surface area is 164 Å². The Morgan fingerprint density at radius 2 is 1.97 bits per heavy atom. The predicted octanol–water partition coefficient (Wildman–Crippen LogP) is 3.87. The number of anilines is 1. The molecular formula is C19H18F3N3O4. The summed E-state index contributed by atoms with van der Waals surface area (Å²) in [6, 6.07) is 5.39. The fraction of sp³-hybridized carbons (Fsp3) is 0.316. The van der Waals surface area contributed by atoms with Crippen molar-refractivity contribution in [3.05, 3.63) is 46.3 Å². The summed E-state index contributed by atoms with van der Waals surface area (Å²) < 4.78 is 46.5. The van der Waals surface area contributed by atoms with E-state index in [9.17, 15) is 22.8 Å². The highest BCUT2D eigenvalue weighted by Crippen LogP contribution is 2.26. The second-order valence-electron chi connectivity index (χ2n) is 6.03. The molecule has 1 aromatic heterocycles. The number of esters is 1. The van der Waals surface area contributed by atoms with Crippen LogP contribution in [0.4, 0.5) is 18.9 Å². The molecule has 10 heteroatoms. The van der Waals surface area contributed by atoms with Crippen LogP contribution >= 0.6 is 0 Å². The number of aryl methyl sites for hydroxylation is 1. The molecule has 1 heterocycles. The van der Waals surface area contributed by atoms with Crippen LogP contribution in [0.3, 0.4) is 0 Å². The molecule has 0 aliphatic carbocycles. The number of amides is 1. The van der Waals surface area contributed by atoms with Gasteiger partial charge in [-0.3, -0.25) is 4.79 Å². The number of carbonyl (C=O) groups is 2. The third-order valence-corrected chi connectivity index (χ3v) is 3.89. The van der Waals surface area contributed by atoms with Crippen molar-refractivity contribution < 1.29 is 32.2 Å². The third-order valence-electron chi connectivity index (χ3n) is 3.89. The van der Waals surface area contributed by atoms with Gasteiger partial charge in [0.25, 0.3) is 5.91 Å². The Kier molecular flexibility index (Phi) is 6.53. The second kappa shape index (κ2) is 8.68. The number of aromatic nitrogens is 1. The first-order chi connectivity index (χ1) is 13.6. The Hall–Kier alpha value is -3.48. The van der Waals surface area contributed by atoms with Gasteiger partial charge in [-0.15, -0.1) is 0 Å². The van der Waals surface area contributed by atoms with Crippen LogP contribution in [0.15, 0.2) is 18.2 Å². The Balaban J connectivity index is 2.22. The molecule has 0 aliphatic rings. The van der Waals surface area contributed by atoms with E-state index in [1.165, 1.54) is 12.1 Å². The van der Waals surface area contributed by atoms with Crippen LogP contribution in [-0.4, -0.2) is 36.3 Å². The second-order valence-corrected chi connectivity index (χ2v) is 6.03. The topological polar surface area (TPSA) is 104 Å². The summed E-state index contributed by atoms with van der Waals surface area (Å²) in [6.45, 7) is 3.52. The maximum absolute atomic E-state index is 12.6. The molecule has 0 radical (unpaired) electrons. The van der Waals surface area contributed by atoms with E-state index in [1.54, 1.807) is 26.8 Å². The van der Waals surface area contributed by atoms with Crippen molar-refractivity contribution >= 4 is 17.6 Å². The summed E-state index contributed by atoms with van der Waals surface area (Å²) in [6.07, 6.45) is -4.54. The number of nitrogens with zero attached hydrogens (tertiary/aromatic N) is 1. The van der Waals surface area contributed by atoms with E-state index in [0.29, 0.717) is 11.3 Å². The van der Waals surface area contributed by atoms with Crippen molar-refractivity contribution in [2.75, 3.05) is 18.5 Å². The summed E-state index contributed by atoms with van der Waals surface area (Å²) in [5.74, 6) is -1.40. The standard InChI is InChI=1S/C19H18F3N3O4/c1-4-28-18(27)15-10(2)16(24-11(15)3)17(26)25-13-5-6-14(12(7-13)8-23)29-9-19(20,21)22/h5-7,24H,4,9H2,1-3H3,(H,25,26). The maximum Gasteiger partial charge on any atom is 0.422 e. The monoisotopic (exact) mass is 409 g/mol. The van der Waals surface area contributed by atoms with Gasteiger partial charge in [0, 0.05) is 11.4 Å². The molecule has 0 fully saturated rings. The summed E-state index contributed by atoms with van der Waals surface area (Å²) in [5, 5.41) is 11.7. The highest BCUT2D eigenvalue weighted by Gasteiger charge is 2.29. The zero-order valence-corrected chi connectivity index (χ0v) is 15.9. The number of halogens is 3. The number of nitriles is 1. The summed E-state index contributed by atoms with van der Waals surface area (Å²) in [5.41, 5.74) is 1.24. The van der Waals surface area contributed by atoms with E-state index in [2.05, 4.69) is 15.0 Å². The molecule has 0 spiro atoms. The minimum absolute atomic E-state index is 0.126. The number of hydrogen-bond acceptors (Lipinski definition) is 5. The van der Waals surface area contributed by atoms with Crippen LogP contribution in [0.25, 0.3) is 0 Å². The number of aromatic amines is 1. The van der Waals surface area contributed by atoms with Crippen molar-refractivity contribution in [1.29, 1.82) is 5.26 Å². The van der Waals surface area contributed by atoms with Crippen molar-refractivity contribution in [2.45, 2.75) is 26.9 Å². The maximum atomic E-state index is 12.6. The van der Waals surface area contributed by atoms with Crippen LogP contribution in [-0.2, 0) is 4.74 Å². The molecule has 0 aliphatic heterocycles. The number of rotatable bonds is 6. The Bertz CT molecular complexity index is 974. The van der Waals surface area contributed by atoms with E-state index in [-0.39, 0.29) is 34.9 Å². The van der Waals surface area contributed by atoms with Crippen molar-refractivity contribution in [2.24, 2.45) is 0 Å². The molecule has 1 amide bonds. The van der Waals surface area contributed by atoms with Crippen molar-refractivity contribution in [1.82, 2.24) is 4.98 Å². The molecule has 0 bridgehead atoms. The smallest absolute Gasteiger partial charge is 0.422 e. The van der Waals surface area contributed by atoms with Crippen LogP contribution in [0.1, 0.15) is 44.6 Å². The summed E-state index contributed by atoms with van der Waals surface area (Å²) in [4.78, 5) is 27.4. The number of H-pyrrole nitrogens is 1. The fourth-order valence-electron chi connectivity index (χ4n) is 2.66. The first kappa shape index (κ1) is 21.8. The minimum Gasteiger partial charge on any atom is -0.483 e. The highest BCUT2D eigenvalue weighted by molar-refractivity contribution is 6.06. The van der Waals surface area contributed by atoms with Gasteiger partial charge >= 0.3 is 12.1 Å². The molecule has 7 nitrogen and oxygen atoms in total. The molecule has 29 heavy (non-hydrogen) atoms. The number of alkyl halides is 3. The molecule has 0 saturated carbocycles. The first-order valence-electron chi connectivity index (χ1n) is 8.48. The van der Waals surface area contributed by atoms with Gasteiger partial charge in [0.2, 0.25) is 0 Å². The van der Waals surface area contributed by atoms with Crippen LogP contribution in [0, 0.1) is 25.2 Å². The summed E-state index contributed by atoms with van der Waals surface area (Å²) in [7, 11) is 0. The number of carbonyl (C=O) groups excluding carboxylic acids is 2. The molecule has 0 unspecified atom stereocenters. The first-order valence-corrected chi connectivity index (χ1v) is 8.48. The number of ether oxygens (including phenoxy) is 2. The lowest BCUT2D eigenvalue weighted by molar-refractivity contribution is -0.153. The van der Waals surface area contributed by atoms with Gasteiger partial charge in [-0.2, -0.15) is 18.4 Å². The molecule has 154 valence electrons. The van der Waals surface area contributed by atoms with Crippen LogP contribution in [0.2, 0.25) is 0 Å². The van der Waals surface area contributed by atoms with Gasteiger partial charge in [0.1, 0.15) is 17.5 Å². The average molecular weight is 409 g/mol. The van der Waals surface area contributed by atoms with Crippen LogP contribution < -0.4 is 10.1 Å². The number of benzene rings is 1. The predicted molar refractivity (Wildman–Crippen MR) is 96.9 cm³/mol. The fourth-order valence-corrected chi connectivity index (χ4v) is 2.66. The molecular weight excluding hydrogens is 391 g/mol. The SMILES string of the molecule is CCOC(=O)c1c(C)[nH]c(C(=O)Nc2ccc(OCC(F)(F)F)c(C#N)c2)c1C. The molecule has 2 N–H and O–H groups in total. The lowest BCUT2D eigenvalue weighted by Gasteiger charge is -2.12. The van der Waals surface area contributed by atoms with E-state index in [0.717, 1.165) is 6.07 Å². The van der Waals surface area contributed by atoms with Crippen molar-refractivity contribution in [3.63, 3.8) is 0 Å². The average Bonchev–Trinajstić information content (AvgIpc) is 2.94. The molecule has 1 aromatic carbocycles. The van der Waals surface area contributed by atoms with Crippen molar-refractivity contribution in [3.8, 4) is 11.8 Å². The zero-order chi connectivity index (χ0) is 21.8. The van der Waals surface area contributed by atoms with Crippen LogP contribution in [0.5, 0.6) is 5.75 Å². The molecule has 0 saturated heterocycles. The highest BCUT2D eigenvalue weighted by atomic mass is 19.4. The molecule has 2 rings (SSSR count). The van der Waals surface area contributed by atoms with Gasteiger partial charge in [0.15, 0.2) is 6.61 Å². The Morgan fingerprint density at radius 3 is 2.55 bits per heavy atom. The van der Waals surface area contributed by atoms with Gasteiger partial charge < -0.3 is 19.8 Å². The van der Waals surface area contributed by atoms with E-state index in [4.69, 9.17) is 10.00 Å². The minimum atomic E-state index is -4.54. The van der Waals surface area contributed by atoms with Gasteiger partial charge in [-0.05, 0) is 44.5 Å². The normalized spacial score (nSPS) is 10.9. The largest absolute Gasteiger partial charge is 0.483 e. The Morgan fingerprint density at radius 1 is 1.28 bits per heavy atom. The van der Waals surface area contributed by atoms with E-state index >= 15 is 0 Å². The van der Waals surface area contributed by atoms with Gasteiger partial charge in [-0.25, -0.2) is 4.79 Å². The number of nitrogens with one attached hydrogen (secondary N) is 2.